The van der Waals surface area contributed by atoms with Crippen molar-refractivity contribution < 1.29 is 28.4 Å². The number of benzene rings is 2. The van der Waals surface area contributed by atoms with Gasteiger partial charge in [-0.25, -0.2) is 4.39 Å². The molecule has 5 aliphatic heterocycles. The Balaban J connectivity index is 0.822. The Hall–Kier alpha value is -5.31. The van der Waals surface area contributed by atoms with Crippen molar-refractivity contribution in [2.24, 2.45) is 5.92 Å². The highest BCUT2D eigenvalue weighted by atomic mass is 19.1. The molecule has 0 spiro atoms. The standard InChI is InChI=1S/C39H44FN9O5/c40-31-20-26(41-35-32(23-50)44-45-39(43-35)48-14-2-1-3-15-48)4-6-28(31)25-12-16-46(17-13-25)22-24-10-18-47(19-11-24)27-5-7-29-30(21-27)38(54)49(37(29)53)33-8-9-34(51)42-36(33)52/h4-7,20-21,23-25,33H,1-3,8-19,22H2,(H,41,43,45)(H,42,51,52). The molecule has 6 heterocycles. The summed E-state index contributed by atoms with van der Waals surface area (Å²) >= 11 is 0. The molecule has 14 nitrogen and oxygen atoms in total. The van der Waals surface area contributed by atoms with Crippen molar-refractivity contribution in [3.05, 3.63) is 64.6 Å². The van der Waals surface area contributed by atoms with Crippen LogP contribution in [0.25, 0.3) is 0 Å². The van der Waals surface area contributed by atoms with E-state index in [4.69, 9.17) is 0 Å². The lowest BCUT2D eigenvalue weighted by Crippen LogP contribution is -2.54. The molecule has 282 valence electrons. The number of hydrogen-bond donors (Lipinski definition) is 2. The number of aldehydes is 1. The number of aromatic nitrogens is 3. The Kier molecular flexibility index (Phi) is 10.1. The number of carbonyl (C=O) groups excluding carboxylic acids is 5. The van der Waals surface area contributed by atoms with Crippen LogP contribution >= 0.6 is 0 Å². The molecule has 0 radical (unpaired) electrons. The second-order valence-corrected chi connectivity index (χ2v) is 15.1. The van der Waals surface area contributed by atoms with E-state index in [2.05, 4.69) is 40.5 Å². The van der Waals surface area contributed by atoms with Gasteiger partial charge in [0, 0.05) is 50.5 Å². The van der Waals surface area contributed by atoms with E-state index in [0.717, 1.165) is 94.9 Å². The lowest BCUT2D eigenvalue weighted by molar-refractivity contribution is -0.136. The first-order valence-electron chi connectivity index (χ1n) is 19.1. The van der Waals surface area contributed by atoms with Gasteiger partial charge in [-0.15, -0.1) is 10.2 Å². The number of halogens is 1. The summed E-state index contributed by atoms with van der Waals surface area (Å²) in [5.74, 6) is -0.911. The number of rotatable bonds is 9. The SMILES string of the molecule is O=Cc1nnc(N2CCCCC2)nc1Nc1ccc(C2CCN(CC3CCN(c4ccc5c(c4)C(=O)N(C4CCC(=O)NC4=O)C5=O)CC3)CC2)c(F)c1. The van der Waals surface area contributed by atoms with Gasteiger partial charge in [0.25, 0.3) is 11.8 Å². The quantitative estimate of drug-likeness (QED) is 0.240. The summed E-state index contributed by atoms with van der Waals surface area (Å²) in [5.41, 5.74) is 2.75. The molecule has 1 unspecified atom stereocenters. The van der Waals surface area contributed by atoms with Crippen LogP contribution in [0.4, 0.5) is 27.5 Å². The summed E-state index contributed by atoms with van der Waals surface area (Å²) in [6, 6.07) is 9.46. The summed E-state index contributed by atoms with van der Waals surface area (Å²) in [4.78, 5) is 74.4. The fourth-order valence-electron chi connectivity index (χ4n) is 8.62. The van der Waals surface area contributed by atoms with Crippen molar-refractivity contribution in [3.8, 4) is 0 Å². The molecule has 4 amide bonds. The summed E-state index contributed by atoms with van der Waals surface area (Å²) in [5, 5.41) is 13.5. The highest BCUT2D eigenvalue weighted by Crippen LogP contribution is 2.35. The highest BCUT2D eigenvalue weighted by molar-refractivity contribution is 6.23. The van der Waals surface area contributed by atoms with Crippen molar-refractivity contribution in [2.45, 2.75) is 69.7 Å². The fraction of sp³-hybridized carbons (Fsp3) is 0.487. The van der Waals surface area contributed by atoms with E-state index in [1.165, 1.54) is 12.5 Å². The van der Waals surface area contributed by atoms with Crippen LogP contribution < -0.4 is 20.4 Å². The van der Waals surface area contributed by atoms with E-state index in [1.807, 2.05) is 18.2 Å². The van der Waals surface area contributed by atoms with Gasteiger partial charge in [0.15, 0.2) is 17.8 Å². The molecular formula is C39H44FN9O5. The van der Waals surface area contributed by atoms with Crippen LogP contribution in [0.2, 0.25) is 0 Å². The average Bonchev–Trinajstić information content (AvgIpc) is 3.44. The molecule has 54 heavy (non-hydrogen) atoms. The van der Waals surface area contributed by atoms with Gasteiger partial charge in [-0.3, -0.25) is 34.2 Å². The fourth-order valence-corrected chi connectivity index (χ4v) is 8.62. The van der Waals surface area contributed by atoms with Crippen LogP contribution in [0.15, 0.2) is 36.4 Å². The molecule has 0 saturated carbocycles. The van der Waals surface area contributed by atoms with Crippen LogP contribution in [-0.4, -0.2) is 107 Å². The third-order valence-corrected chi connectivity index (χ3v) is 11.7. The van der Waals surface area contributed by atoms with Crippen LogP contribution in [0.5, 0.6) is 0 Å². The molecule has 1 atom stereocenters. The number of carbonyl (C=O) groups is 5. The molecular weight excluding hydrogens is 693 g/mol. The minimum Gasteiger partial charge on any atom is -0.371 e. The van der Waals surface area contributed by atoms with Gasteiger partial charge in [-0.05, 0) is 112 Å². The molecule has 8 rings (SSSR count). The lowest BCUT2D eigenvalue weighted by atomic mass is 9.88. The maximum absolute atomic E-state index is 15.5. The van der Waals surface area contributed by atoms with Crippen LogP contribution in [-0.2, 0) is 9.59 Å². The van der Waals surface area contributed by atoms with E-state index >= 15 is 4.39 Å². The lowest BCUT2D eigenvalue weighted by Gasteiger charge is -2.38. The zero-order valence-electron chi connectivity index (χ0n) is 30.1. The number of nitrogens with zero attached hydrogens (tertiary/aromatic N) is 7. The zero-order chi connectivity index (χ0) is 37.3. The molecule has 15 heteroatoms. The first kappa shape index (κ1) is 35.7. The van der Waals surface area contributed by atoms with Crippen molar-refractivity contribution in [2.75, 3.05) is 60.9 Å². The van der Waals surface area contributed by atoms with E-state index in [0.29, 0.717) is 35.0 Å². The van der Waals surface area contributed by atoms with Gasteiger partial charge in [-0.1, -0.05) is 6.07 Å². The summed E-state index contributed by atoms with van der Waals surface area (Å²) in [7, 11) is 0. The Labute approximate surface area is 312 Å². The van der Waals surface area contributed by atoms with Crippen LogP contribution in [0.1, 0.15) is 100 Å². The van der Waals surface area contributed by atoms with Crippen molar-refractivity contribution in [1.82, 2.24) is 30.3 Å². The minimum atomic E-state index is -0.980. The normalized spacial score (nSPS) is 21.7. The number of piperidine rings is 4. The monoisotopic (exact) mass is 737 g/mol. The molecule has 0 bridgehead atoms. The molecule has 4 saturated heterocycles. The Morgan fingerprint density at radius 1 is 0.815 bits per heavy atom. The molecule has 5 aliphatic rings. The van der Waals surface area contributed by atoms with Crippen molar-refractivity contribution in [3.63, 3.8) is 0 Å². The molecule has 2 N–H and O–H groups in total. The average molecular weight is 738 g/mol. The predicted molar refractivity (Wildman–Crippen MR) is 197 cm³/mol. The van der Waals surface area contributed by atoms with Crippen molar-refractivity contribution in [1.29, 1.82) is 0 Å². The van der Waals surface area contributed by atoms with Gasteiger partial charge < -0.3 is 20.0 Å². The molecule has 3 aromatic rings. The maximum atomic E-state index is 15.5. The third-order valence-electron chi connectivity index (χ3n) is 11.7. The predicted octanol–water partition coefficient (Wildman–Crippen LogP) is 4.05. The number of fused-ring (bicyclic) bond motifs is 1. The van der Waals surface area contributed by atoms with Crippen LogP contribution in [0.3, 0.4) is 0 Å². The second-order valence-electron chi connectivity index (χ2n) is 15.1. The van der Waals surface area contributed by atoms with E-state index in [-0.39, 0.29) is 41.7 Å². The number of amides is 4. The minimum absolute atomic E-state index is 0.0794. The zero-order valence-corrected chi connectivity index (χ0v) is 30.1. The van der Waals surface area contributed by atoms with Gasteiger partial charge >= 0.3 is 0 Å². The summed E-state index contributed by atoms with van der Waals surface area (Å²) < 4.78 is 15.5. The number of hydrogen-bond acceptors (Lipinski definition) is 12. The number of anilines is 4. The Morgan fingerprint density at radius 3 is 2.30 bits per heavy atom. The smallest absolute Gasteiger partial charge is 0.262 e. The van der Waals surface area contributed by atoms with Gasteiger partial charge in [0.05, 0.1) is 11.1 Å². The van der Waals surface area contributed by atoms with E-state index < -0.39 is 29.7 Å². The largest absolute Gasteiger partial charge is 0.371 e. The Bertz CT molecular complexity index is 1970. The molecule has 2 aromatic carbocycles. The maximum Gasteiger partial charge on any atom is 0.262 e. The highest BCUT2D eigenvalue weighted by Gasteiger charge is 2.45. The summed E-state index contributed by atoms with van der Waals surface area (Å²) in [6.45, 7) is 6.09. The first-order valence-corrected chi connectivity index (χ1v) is 19.1. The van der Waals surface area contributed by atoms with Gasteiger partial charge in [0.1, 0.15) is 11.9 Å². The van der Waals surface area contributed by atoms with Crippen LogP contribution in [0, 0.1) is 11.7 Å². The topological polar surface area (TPSA) is 161 Å². The molecule has 0 aliphatic carbocycles. The van der Waals surface area contributed by atoms with E-state index in [9.17, 15) is 24.0 Å². The summed E-state index contributed by atoms with van der Waals surface area (Å²) in [6.07, 6.45) is 7.80. The third kappa shape index (κ3) is 7.16. The molecule has 1 aromatic heterocycles. The number of nitrogens with one attached hydrogen (secondary N) is 2. The number of likely N-dealkylation sites (tertiary alicyclic amines) is 1. The van der Waals surface area contributed by atoms with Crippen molar-refractivity contribution >= 4 is 53.1 Å². The van der Waals surface area contributed by atoms with E-state index in [1.54, 1.807) is 12.1 Å². The van der Waals surface area contributed by atoms with Gasteiger partial charge in [-0.2, -0.15) is 4.98 Å². The van der Waals surface area contributed by atoms with Gasteiger partial charge in [0.2, 0.25) is 17.8 Å². The Morgan fingerprint density at radius 2 is 1.57 bits per heavy atom. The number of imide groups is 2. The first-order chi connectivity index (χ1) is 26.2. The molecule has 4 fully saturated rings. The second kappa shape index (κ2) is 15.2.